The van der Waals surface area contributed by atoms with Crippen LogP contribution in [0.25, 0.3) is 0 Å². The average molecular weight is 277 g/mol. The van der Waals surface area contributed by atoms with E-state index in [0.717, 1.165) is 11.5 Å². The Morgan fingerprint density at radius 3 is 2.29 bits per heavy atom. The van der Waals surface area contributed by atoms with E-state index in [0.29, 0.717) is 6.67 Å². The minimum absolute atomic E-state index is 0.248. The van der Waals surface area contributed by atoms with Crippen LogP contribution in [0.3, 0.4) is 0 Å². The molecule has 1 atom stereocenters. The fraction of sp³-hybridized carbons (Fsp3) is 0.167. The molecule has 2 aromatic carbocycles. The molecule has 106 valence electrons. The van der Waals surface area contributed by atoms with Crippen LogP contribution >= 0.6 is 0 Å². The first-order valence-corrected chi connectivity index (χ1v) is 7.19. The zero-order valence-electron chi connectivity index (χ0n) is 12.1. The summed E-state index contributed by atoms with van der Waals surface area (Å²) in [5.74, 6) is 0.929. The summed E-state index contributed by atoms with van der Waals surface area (Å²) >= 11 is 0. The van der Waals surface area contributed by atoms with E-state index in [1.54, 1.807) is 0 Å². The Morgan fingerprint density at radius 2 is 1.67 bits per heavy atom. The van der Waals surface area contributed by atoms with Gasteiger partial charge in [-0.2, -0.15) is 0 Å². The normalized spacial score (nSPS) is 15.5. The van der Waals surface area contributed by atoms with Crippen molar-refractivity contribution in [2.24, 2.45) is 4.99 Å². The third-order valence-electron chi connectivity index (χ3n) is 3.56. The minimum atomic E-state index is 0.248. The van der Waals surface area contributed by atoms with Gasteiger partial charge in [-0.15, -0.1) is 0 Å². The summed E-state index contributed by atoms with van der Waals surface area (Å²) < 4.78 is 0. The number of hydrogen-bond donors (Lipinski definition) is 1. The lowest BCUT2D eigenvalue weighted by atomic mass is 10.1. The molecule has 1 aliphatic rings. The van der Waals surface area contributed by atoms with E-state index in [9.17, 15) is 0 Å². The molecule has 0 bridgehead atoms. The van der Waals surface area contributed by atoms with Gasteiger partial charge in [-0.05, 0) is 30.7 Å². The fourth-order valence-corrected chi connectivity index (χ4v) is 2.34. The third kappa shape index (κ3) is 3.31. The molecule has 3 rings (SSSR count). The lowest BCUT2D eigenvalue weighted by Crippen LogP contribution is -2.30. The lowest BCUT2D eigenvalue weighted by Gasteiger charge is -2.24. The second-order valence-corrected chi connectivity index (χ2v) is 5.08. The Bertz CT molecular complexity index is 632. The Labute approximate surface area is 125 Å². The molecule has 0 amide bonds. The van der Waals surface area contributed by atoms with Gasteiger partial charge in [0.2, 0.25) is 0 Å². The molecule has 3 heteroatoms. The van der Waals surface area contributed by atoms with Crippen molar-refractivity contribution in [2.75, 3.05) is 11.6 Å². The molecule has 3 nitrogen and oxygen atoms in total. The number of anilines is 1. The maximum absolute atomic E-state index is 4.60. The highest BCUT2D eigenvalue weighted by atomic mass is 15.2. The van der Waals surface area contributed by atoms with Crippen molar-refractivity contribution < 1.29 is 0 Å². The predicted molar refractivity (Wildman–Crippen MR) is 88.4 cm³/mol. The highest BCUT2D eigenvalue weighted by molar-refractivity contribution is 5.94. The van der Waals surface area contributed by atoms with Gasteiger partial charge in [0.15, 0.2) is 0 Å². The van der Waals surface area contributed by atoms with Crippen molar-refractivity contribution in [3.63, 3.8) is 0 Å². The van der Waals surface area contributed by atoms with E-state index in [2.05, 4.69) is 64.7 Å². The standard InChI is InChI=1S/C18H19N3/c1-15(16-8-4-2-5-9-16)20-18-12-13-21(14-19-18)17-10-6-3-7-11-17/h2-13,15H,14H2,1H3,(H,19,20). The van der Waals surface area contributed by atoms with Gasteiger partial charge in [0.1, 0.15) is 12.5 Å². The van der Waals surface area contributed by atoms with Crippen LogP contribution in [0.4, 0.5) is 5.69 Å². The molecule has 0 saturated heterocycles. The van der Waals surface area contributed by atoms with Crippen molar-refractivity contribution in [3.8, 4) is 0 Å². The largest absolute Gasteiger partial charge is 0.364 e. The zero-order chi connectivity index (χ0) is 14.5. The summed E-state index contributed by atoms with van der Waals surface area (Å²) in [7, 11) is 0. The lowest BCUT2D eigenvalue weighted by molar-refractivity contribution is 0.712. The molecule has 1 heterocycles. The molecule has 0 fully saturated rings. The van der Waals surface area contributed by atoms with Gasteiger partial charge in [0.05, 0.1) is 0 Å². The second-order valence-electron chi connectivity index (χ2n) is 5.08. The summed E-state index contributed by atoms with van der Waals surface area (Å²) in [6.07, 6.45) is 4.10. The molecule has 0 spiro atoms. The fourth-order valence-electron chi connectivity index (χ4n) is 2.34. The van der Waals surface area contributed by atoms with Crippen molar-refractivity contribution in [1.29, 1.82) is 0 Å². The first-order valence-electron chi connectivity index (χ1n) is 7.19. The molecule has 0 saturated carbocycles. The van der Waals surface area contributed by atoms with E-state index in [1.807, 2.05) is 30.3 Å². The Kier molecular flexibility index (Phi) is 4.01. The summed E-state index contributed by atoms with van der Waals surface area (Å²) in [5.41, 5.74) is 2.42. The van der Waals surface area contributed by atoms with Gasteiger partial charge in [0, 0.05) is 17.9 Å². The summed E-state index contributed by atoms with van der Waals surface area (Å²) in [5, 5.41) is 3.44. The van der Waals surface area contributed by atoms with Crippen LogP contribution in [0.15, 0.2) is 77.9 Å². The predicted octanol–water partition coefficient (Wildman–Crippen LogP) is 3.73. The van der Waals surface area contributed by atoms with E-state index in [-0.39, 0.29) is 6.04 Å². The molecule has 2 aromatic rings. The summed E-state index contributed by atoms with van der Waals surface area (Å²) in [6, 6.07) is 20.9. The van der Waals surface area contributed by atoms with Crippen molar-refractivity contribution in [2.45, 2.75) is 13.0 Å². The first-order chi connectivity index (χ1) is 10.3. The molecule has 1 N–H and O–H groups in total. The van der Waals surface area contributed by atoms with Crippen molar-refractivity contribution >= 4 is 11.5 Å². The smallest absolute Gasteiger partial charge is 0.124 e. The zero-order valence-corrected chi connectivity index (χ0v) is 12.1. The van der Waals surface area contributed by atoms with Gasteiger partial charge in [-0.3, -0.25) is 0 Å². The van der Waals surface area contributed by atoms with Crippen LogP contribution in [0.2, 0.25) is 0 Å². The van der Waals surface area contributed by atoms with Crippen LogP contribution in [0.1, 0.15) is 18.5 Å². The van der Waals surface area contributed by atoms with Crippen molar-refractivity contribution in [3.05, 3.63) is 78.5 Å². The van der Waals surface area contributed by atoms with Gasteiger partial charge >= 0.3 is 0 Å². The molecule has 0 aromatic heterocycles. The number of rotatable bonds is 3. The van der Waals surface area contributed by atoms with Crippen LogP contribution < -0.4 is 10.2 Å². The second kappa shape index (κ2) is 6.27. The van der Waals surface area contributed by atoms with Crippen LogP contribution in [0, 0.1) is 0 Å². The van der Waals surface area contributed by atoms with Gasteiger partial charge < -0.3 is 10.2 Å². The number of amidine groups is 1. The van der Waals surface area contributed by atoms with Crippen LogP contribution in [-0.4, -0.2) is 12.5 Å². The molecule has 0 radical (unpaired) electrons. The van der Waals surface area contributed by atoms with Crippen LogP contribution in [-0.2, 0) is 0 Å². The average Bonchev–Trinajstić information content (AvgIpc) is 2.57. The molecule has 0 aliphatic carbocycles. The highest BCUT2D eigenvalue weighted by Crippen LogP contribution is 2.16. The van der Waals surface area contributed by atoms with Gasteiger partial charge in [-0.25, -0.2) is 4.99 Å². The molecule has 21 heavy (non-hydrogen) atoms. The number of aliphatic imine (C=N–C) groups is 1. The topological polar surface area (TPSA) is 27.6 Å². The highest BCUT2D eigenvalue weighted by Gasteiger charge is 2.10. The molecular formula is C18H19N3. The molecule has 1 aliphatic heterocycles. The Hall–Kier alpha value is -2.55. The maximum Gasteiger partial charge on any atom is 0.124 e. The molecule has 1 unspecified atom stereocenters. The number of benzene rings is 2. The van der Waals surface area contributed by atoms with Crippen molar-refractivity contribution in [1.82, 2.24) is 5.32 Å². The number of nitrogens with zero attached hydrogens (tertiary/aromatic N) is 2. The summed E-state index contributed by atoms with van der Waals surface area (Å²) in [4.78, 5) is 6.72. The third-order valence-corrected chi connectivity index (χ3v) is 3.56. The number of para-hydroxylation sites is 1. The number of hydrogen-bond acceptors (Lipinski definition) is 3. The Balaban J connectivity index is 1.62. The monoisotopic (exact) mass is 277 g/mol. The van der Waals surface area contributed by atoms with E-state index in [4.69, 9.17) is 0 Å². The quantitative estimate of drug-likeness (QED) is 0.925. The summed E-state index contributed by atoms with van der Waals surface area (Å²) in [6.45, 7) is 2.79. The molecular weight excluding hydrogens is 258 g/mol. The van der Waals surface area contributed by atoms with E-state index >= 15 is 0 Å². The maximum atomic E-state index is 4.60. The number of nitrogens with one attached hydrogen (secondary N) is 1. The van der Waals surface area contributed by atoms with E-state index < -0.39 is 0 Å². The van der Waals surface area contributed by atoms with Gasteiger partial charge in [-0.1, -0.05) is 48.5 Å². The minimum Gasteiger partial charge on any atom is -0.364 e. The first kappa shape index (κ1) is 13.4. The van der Waals surface area contributed by atoms with Crippen LogP contribution in [0.5, 0.6) is 0 Å². The Morgan fingerprint density at radius 1 is 1.00 bits per heavy atom. The SMILES string of the molecule is CC(NC1=NCN(c2ccccc2)C=C1)c1ccccc1. The van der Waals surface area contributed by atoms with E-state index in [1.165, 1.54) is 5.56 Å². The van der Waals surface area contributed by atoms with Gasteiger partial charge in [0.25, 0.3) is 0 Å².